The van der Waals surface area contributed by atoms with Gasteiger partial charge in [0.2, 0.25) is 5.91 Å². The van der Waals surface area contributed by atoms with E-state index in [0.29, 0.717) is 17.1 Å². The van der Waals surface area contributed by atoms with Gasteiger partial charge in [0, 0.05) is 12.0 Å². The van der Waals surface area contributed by atoms with Crippen molar-refractivity contribution in [1.29, 1.82) is 0 Å². The highest BCUT2D eigenvalue weighted by Crippen LogP contribution is 2.26. The van der Waals surface area contributed by atoms with Gasteiger partial charge in [-0.15, -0.1) is 0 Å². The summed E-state index contributed by atoms with van der Waals surface area (Å²) in [6.45, 7) is 5.10. The second-order valence-electron chi connectivity index (χ2n) is 6.11. The number of rotatable bonds is 6. The number of hydrogen-bond donors (Lipinski definition) is 2. The van der Waals surface area contributed by atoms with E-state index in [-0.39, 0.29) is 30.9 Å². The van der Waals surface area contributed by atoms with Gasteiger partial charge in [-0.1, -0.05) is 0 Å². The minimum Gasteiger partial charge on any atom is -0.466 e. The molecule has 2 aromatic rings. The van der Waals surface area contributed by atoms with E-state index >= 15 is 0 Å². The number of aliphatic hydroxyl groups is 1. The molecular formula is C18H21F2NO3. The largest absolute Gasteiger partial charge is 0.466 e. The topological polar surface area (TPSA) is 62.5 Å². The highest BCUT2D eigenvalue weighted by atomic mass is 19.1. The number of benzene rings is 1. The van der Waals surface area contributed by atoms with Crippen molar-refractivity contribution >= 4 is 5.91 Å². The summed E-state index contributed by atoms with van der Waals surface area (Å²) in [4.78, 5) is 11.9. The smallest absolute Gasteiger partial charge is 0.220 e. The van der Waals surface area contributed by atoms with Crippen LogP contribution in [-0.4, -0.2) is 17.6 Å². The summed E-state index contributed by atoms with van der Waals surface area (Å²) in [5.41, 5.74) is -0.517. The molecule has 0 bridgehead atoms. The van der Waals surface area contributed by atoms with Crippen LogP contribution in [0.3, 0.4) is 0 Å². The van der Waals surface area contributed by atoms with Crippen LogP contribution in [0, 0.1) is 25.5 Å². The number of halogens is 2. The third-order valence-electron chi connectivity index (χ3n) is 3.88. The van der Waals surface area contributed by atoms with Crippen molar-refractivity contribution in [2.24, 2.45) is 0 Å². The van der Waals surface area contributed by atoms with E-state index in [1.807, 2.05) is 0 Å². The second-order valence-corrected chi connectivity index (χ2v) is 6.11. The van der Waals surface area contributed by atoms with Crippen LogP contribution in [0.25, 0.3) is 0 Å². The van der Waals surface area contributed by atoms with Gasteiger partial charge in [-0.3, -0.25) is 4.79 Å². The maximum Gasteiger partial charge on any atom is 0.220 e. The van der Waals surface area contributed by atoms with Gasteiger partial charge < -0.3 is 14.8 Å². The Kier molecular flexibility index (Phi) is 5.39. The molecule has 0 aliphatic heterocycles. The third kappa shape index (κ3) is 4.41. The molecule has 0 aliphatic rings. The number of carbonyl (C=O) groups excluding carboxylic acids is 1. The molecule has 2 rings (SSSR count). The number of furan rings is 1. The summed E-state index contributed by atoms with van der Waals surface area (Å²) in [5, 5.41) is 13.1. The van der Waals surface area contributed by atoms with Crippen LogP contribution in [-0.2, 0) is 16.8 Å². The van der Waals surface area contributed by atoms with E-state index in [1.165, 1.54) is 0 Å². The molecule has 1 amide bonds. The minimum absolute atomic E-state index is 0.000149. The summed E-state index contributed by atoms with van der Waals surface area (Å²) < 4.78 is 32.0. The van der Waals surface area contributed by atoms with Crippen molar-refractivity contribution in [2.45, 2.75) is 39.2 Å². The molecule has 24 heavy (non-hydrogen) atoms. The predicted molar refractivity (Wildman–Crippen MR) is 85.4 cm³/mol. The molecule has 130 valence electrons. The first-order valence-electron chi connectivity index (χ1n) is 7.69. The fraction of sp³-hybridized carbons (Fsp3) is 0.389. The molecule has 1 aromatic carbocycles. The molecule has 0 spiro atoms. The molecule has 1 aromatic heterocycles. The Balaban J connectivity index is 1.91. The molecule has 1 heterocycles. The van der Waals surface area contributed by atoms with E-state index in [9.17, 15) is 18.7 Å². The Hall–Kier alpha value is -2.21. The SMILES string of the molecule is Cc1cc(C(C)(O)CNC(=O)CCc2cc(F)ccc2F)c(C)o1. The van der Waals surface area contributed by atoms with Crippen LogP contribution < -0.4 is 5.32 Å². The summed E-state index contributed by atoms with van der Waals surface area (Å²) >= 11 is 0. The maximum atomic E-state index is 13.5. The van der Waals surface area contributed by atoms with Crippen molar-refractivity contribution < 1.29 is 23.1 Å². The van der Waals surface area contributed by atoms with E-state index in [2.05, 4.69) is 5.32 Å². The lowest BCUT2D eigenvalue weighted by Crippen LogP contribution is -2.38. The van der Waals surface area contributed by atoms with Crippen LogP contribution in [0.15, 0.2) is 28.7 Å². The van der Waals surface area contributed by atoms with Crippen LogP contribution in [0.1, 0.15) is 36.0 Å². The molecular weight excluding hydrogens is 316 g/mol. The third-order valence-corrected chi connectivity index (χ3v) is 3.88. The first kappa shape index (κ1) is 18.1. The highest BCUT2D eigenvalue weighted by Gasteiger charge is 2.28. The Morgan fingerprint density at radius 2 is 2.00 bits per heavy atom. The Bertz CT molecular complexity index is 738. The zero-order valence-corrected chi connectivity index (χ0v) is 14.0. The van der Waals surface area contributed by atoms with Crippen LogP contribution >= 0.6 is 0 Å². The number of nitrogens with one attached hydrogen (secondary N) is 1. The Morgan fingerprint density at radius 1 is 1.29 bits per heavy atom. The highest BCUT2D eigenvalue weighted by molar-refractivity contribution is 5.76. The quantitative estimate of drug-likeness (QED) is 0.851. The number of carbonyl (C=O) groups is 1. The number of hydrogen-bond acceptors (Lipinski definition) is 3. The molecule has 0 radical (unpaired) electrons. The molecule has 6 heteroatoms. The van der Waals surface area contributed by atoms with Crippen molar-refractivity contribution in [1.82, 2.24) is 5.32 Å². The van der Waals surface area contributed by atoms with Crippen molar-refractivity contribution in [3.8, 4) is 0 Å². The van der Waals surface area contributed by atoms with Crippen molar-refractivity contribution in [3.05, 3.63) is 58.5 Å². The van der Waals surface area contributed by atoms with Crippen molar-refractivity contribution in [3.63, 3.8) is 0 Å². The average molecular weight is 337 g/mol. The molecule has 4 nitrogen and oxygen atoms in total. The predicted octanol–water partition coefficient (Wildman–Crippen LogP) is 3.13. The minimum atomic E-state index is -1.28. The monoisotopic (exact) mass is 337 g/mol. The molecule has 0 aliphatic carbocycles. The molecule has 0 fully saturated rings. The van der Waals surface area contributed by atoms with E-state index < -0.39 is 17.2 Å². The summed E-state index contributed by atoms with van der Waals surface area (Å²) in [6.07, 6.45) is 0.0846. The lowest BCUT2D eigenvalue weighted by Gasteiger charge is -2.23. The zero-order chi connectivity index (χ0) is 17.9. The maximum absolute atomic E-state index is 13.5. The first-order valence-corrected chi connectivity index (χ1v) is 7.69. The van der Waals surface area contributed by atoms with Gasteiger partial charge >= 0.3 is 0 Å². The van der Waals surface area contributed by atoms with Crippen LogP contribution in [0.2, 0.25) is 0 Å². The number of aryl methyl sites for hydroxylation is 3. The zero-order valence-electron chi connectivity index (χ0n) is 14.0. The average Bonchev–Trinajstić information content (AvgIpc) is 2.85. The van der Waals surface area contributed by atoms with Crippen LogP contribution in [0.5, 0.6) is 0 Å². The molecule has 0 saturated heterocycles. The summed E-state index contributed by atoms with van der Waals surface area (Å²) in [5.74, 6) is -0.165. The first-order chi connectivity index (χ1) is 11.2. The molecule has 1 atom stereocenters. The lowest BCUT2D eigenvalue weighted by molar-refractivity contribution is -0.122. The van der Waals surface area contributed by atoms with Gasteiger partial charge in [0.25, 0.3) is 0 Å². The van der Waals surface area contributed by atoms with Gasteiger partial charge in [0.15, 0.2) is 0 Å². The fourth-order valence-corrected chi connectivity index (χ4v) is 2.60. The summed E-state index contributed by atoms with van der Waals surface area (Å²) in [7, 11) is 0. The second kappa shape index (κ2) is 7.13. The van der Waals surface area contributed by atoms with E-state index in [4.69, 9.17) is 4.42 Å². The molecule has 1 unspecified atom stereocenters. The van der Waals surface area contributed by atoms with Gasteiger partial charge in [-0.05, 0) is 57.0 Å². The van der Waals surface area contributed by atoms with Crippen LogP contribution in [0.4, 0.5) is 8.78 Å². The van der Waals surface area contributed by atoms with Crippen molar-refractivity contribution in [2.75, 3.05) is 6.54 Å². The van der Waals surface area contributed by atoms with E-state index in [0.717, 1.165) is 18.2 Å². The fourth-order valence-electron chi connectivity index (χ4n) is 2.60. The van der Waals surface area contributed by atoms with Gasteiger partial charge in [-0.2, -0.15) is 0 Å². The lowest BCUT2D eigenvalue weighted by atomic mass is 9.96. The van der Waals surface area contributed by atoms with Gasteiger partial charge in [0.05, 0.1) is 6.54 Å². The number of amides is 1. The van der Waals surface area contributed by atoms with Gasteiger partial charge in [0.1, 0.15) is 28.8 Å². The molecule has 2 N–H and O–H groups in total. The Labute approximate surface area is 139 Å². The normalized spacial score (nSPS) is 13.6. The standard InChI is InChI=1S/C18H21F2NO3/c1-11-8-15(12(2)24-11)18(3,23)10-21-17(22)7-4-13-9-14(19)5-6-16(13)20/h5-6,8-9,23H,4,7,10H2,1-3H3,(H,21,22). The Morgan fingerprint density at radius 3 is 2.62 bits per heavy atom. The molecule has 0 saturated carbocycles. The van der Waals surface area contributed by atoms with Gasteiger partial charge in [-0.25, -0.2) is 8.78 Å². The van der Waals surface area contributed by atoms with E-state index in [1.54, 1.807) is 26.8 Å². The summed E-state index contributed by atoms with van der Waals surface area (Å²) in [6, 6.07) is 4.88.